The van der Waals surface area contributed by atoms with Crippen molar-refractivity contribution in [2.75, 3.05) is 0 Å². The number of nitrogens with one attached hydrogen (secondary N) is 1. The van der Waals surface area contributed by atoms with Crippen LogP contribution in [-0.4, -0.2) is 30.2 Å². The summed E-state index contributed by atoms with van der Waals surface area (Å²) in [6, 6.07) is 8.20. The maximum Gasteiger partial charge on any atom is 0.332 e. The van der Waals surface area contributed by atoms with Crippen LogP contribution < -0.4 is 11.2 Å². The van der Waals surface area contributed by atoms with Crippen LogP contribution in [0.2, 0.25) is 0 Å². The molecule has 32 heavy (non-hydrogen) atoms. The third-order valence-corrected chi connectivity index (χ3v) is 6.06. The van der Waals surface area contributed by atoms with Gasteiger partial charge in [0.2, 0.25) is 0 Å². The van der Waals surface area contributed by atoms with Gasteiger partial charge in [-0.3, -0.25) is 18.7 Å². The van der Waals surface area contributed by atoms with E-state index in [1.165, 1.54) is 6.20 Å². The van der Waals surface area contributed by atoms with Gasteiger partial charge in [-0.2, -0.15) is 0 Å². The van der Waals surface area contributed by atoms with Gasteiger partial charge in [-0.05, 0) is 44.0 Å². The number of carboxylic acids is 1. The maximum absolute atomic E-state index is 13.8. The van der Waals surface area contributed by atoms with Crippen LogP contribution in [0.3, 0.4) is 0 Å². The highest BCUT2D eigenvalue weighted by atomic mass is 16.4. The lowest BCUT2D eigenvalue weighted by atomic mass is 10.0. The molecule has 2 unspecified atom stereocenters. The van der Waals surface area contributed by atoms with Crippen molar-refractivity contribution < 1.29 is 9.90 Å². The first-order valence-electron chi connectivity index (χ1n) is 10.7. The molecule has 1 aromatic carbocycles. The first kappa shape index (κ1) is 21.5. The molecule has 0 aliphatic carbocycles. The number of benzene rings is 1. The summed E-state index contributed by atoms with van der Waals surface area (Å²) in [5.74, 6) is -1.05. The number of hydrogen-bond acceptors (Lipinski definition) is 4. The molecule has 0 spiro atoms. The van der Waals surface area contributed by atoms with Crippen molar-refractivity contribution in [2.24, 2.45) is 0 Å². The number of nitrogens with zero attached hydrogens (tertiary/aromatic N) is 3. The fourth-order valence-corrected chi connectivity index (χ4v) is 4.60. The summed E-state index contributed by atoms with van der Waals surface area (Å²) < 4.78 is 2.65. The van der Waals surface area contributed by atoms with Gasteiger partial charge in [-0.15, -0.1) is 0 Å². The minimum absolute atomic E-state index is 0.155. The number of rotatable bonds is 7. The first-order chi connectivity index (χ1) is 15.3. The molecule has 8 heteroatoms. The molecule has 0 aliphatic rings. The second-order valence-corrected chi connectivity index (χ2v) is 8.16. The zero-order valence-electron chi connectivity index (χ0n) is 18.3. The highest BCUT2D eigenvalue weighted by molar-refractivity contribution is 5.87. The normalized spacial score (nSPS) is 13.5. The molecule has 4 aromatic rings. The Labute approximate surface area is 184 Å². The fourth-order valence-electron chi connectivity index (χ4n) is 4.60. The minimum Gasteiger partial charge on any atom is -0.481 e. The predicted octanol–water partition coefficient (Wildman–Crippen LogP) is 3.77. The number of carbonyl (C=O) groups is 1. The second-order valence-electron chi connectivity index (χ2n) is 8.16. The van der Waals surface area contributed by atoms with Crippen molar-refractivity contribution in [3.63, 3.8) is 0 Å². The molecule has 0 saturated carbocycles. The van der Waals surface area contributed by atoms with Gasteiger partial charge in [0.05, 0.1) is 24.0 Å². The lowest BCUT2D eigenvalue weighted by molar-refractivity contribution is -0.138. The smallest absolute Gasteiger partial charge is 0.332 e. The van der Waals surface area contributed by atoms with Gasteiger partial charge in [0.1, 0.15) is 0 Å². The summed E-state index contributed by atoms with van der Waals surface area (Å²) in [4.78, 5) is 46.0. The largest absolute Gasteiger partial charge is 0.481 e. The summed E-state index contributed by atoms with van der Waals surface area (Å²) in [6.07, 6.45) is 4.13. The number of carboxylic acid groups (broad SMARTS) is 1. The van der Waals surface area contributed by atoms with Crippen LogP contribution in [-0.2, 0) is 4.79 Å². The molecule has 0 fully saturated rings. The summed E-state index contributed by atoms with van der Waals surface area (Å²) in [5.41, 5.74) is 2.46. The Morgan fingerprint density at radius 1 is 1.19 bits per heavy atom. The Bertz CT molecular complexity index is 1430. The Morgan fingerprint density at radius 2 is 1.97 bits per heavy atom. The quantitative estimate of drug-likeness (QED) is 0.460. The van der Waals surface area contributed by atoms with Gasteiger partial charge in [-0.25, -0.2) is 9.78 Å². The van der Waals surface area contributed by atoms with E-state index in [0.29, 0.717) is 18.4 Å². The number of H-pyrrole nitrogens is 1. The number of hydrogen-bond donors (Lipinski definition) is 2. The Hall–Kier alpha value is -3.68. The molecule has 0 saturated heterocycles. The van der Waals surface area contributed by atoms with Gasteiger partial charge < -0.3 is 10.1 Å². The lowest BCUT2D eigenvalue weighted by Gasteiger charge is -2.23. The monoisotopic (exact) mass is 434 g/mol. The van der Waals surface area contributed by atoms with Gasteiger partial charge in [0.25, 0.3) is 5.56 Å². The lowest BCUT2D eigenvalue weighted by Crippen LogP contribution is -2.44. The summed E-state index contributed by atoms with van der Waals surface area (Å²) in [7, 11) is 0. The zero-order valence-corrected chi connectivity index (χ0v) is 18.3. The van der Waals surface area contributed by atoms with E-state index in [-0.39, 0.29) is 11.9 Å². The summed E-state index contributed by atoms with van der Waals surface area (Å²) in [5, 5.41) is 10.4. The van der Waals surface area contributed by atoms with Gasteiger partial charge in [0.15, 0.2) is 5.52 Å². The topological polar surface area (TPSA) is 110 Å². The molecule has 3 heterocycles. The number of pyridine rings is 1. The Morgan fingerprint density at radius 3 is 2.69 bits per heavy atom. The van der Waals surface area contributed by atoms with Crippen molar-refractivity contribution in [3.05, 3.63) is 74.7 Å². The average molecular weight is 434 g/mol. The van der Waals surface area contributed by atoms with Crippen LogP contribution in [0.5, 0.6) is 0 Å². The van der Waals surface area contributed by atoms with Crippen LogP contribution in [0.1, 0.15) is 56.3 Å². The maximum atomic E-state index is 13.8. The van der Waals surface area contributed by atoms with Crippen molar-refractivity contribution in [3.8, 4) is 0 Å². The molecule has 0 bridgehead atoms. The number of aromatic nitrogens is 4. The third-order valence-electron chi connectivity index (χ3n) is 6.06. The standard InChI is InChI=1S/C24H26N4O4/c1-4-7-16(12-20(29)30)28-23(31)22-19(10-6-11-25-22)27(24(28)32)15(3)17-13-26-18-9-5-8-14(2)21(17)18/h5-6,8-11,13,15-16,26H,4,7,12H2,1-3H3,(H,29,30). The number of aryl methyl sites for hydroxylation is 1. The van der Waals surface area contributed by atoms with Crippen molar-refractivity contribution in [2.45, 2.75) is 52.1 Å². The van der Waals surface area contributed by atoms with E-state index < -0.39 is 29.3 Å². The zero-order chi connectivity index (χ0) is 23.0. The van der Waals surface area contributed by atoms with E-state index in [0.717, 1.165) is 26.6 Å². The van der Waals surface area contributed by atoms with E-state index in [4.69, 9.17) is 0 Å². The molecule has 0 aliphatic heterocycles. The highest BCUT2D eigenvalue weighted by Gasteiger charge is 2.26. The van der Waals surface area contributed by atoms with Crippen molar-refractivity contribution in [1.82, 2.24) is 19.1 Å². The number of fused-ring (bicyclic) bond motifs is 2. The number of aliphatic carboxylic acids is 1. The van der Waals surface area contributed by atoms with E-state index in [1.54, 1.807) is 16.7 Å². The SMILES string of the molecule is CCCC(CC(=O)O)n1c(=O)c2ncccc2n(C(C)c2c[nH]c3cccc(C)c23)c1=O. The molecule has 8 nitrogen and oxygen atoms in total. The molecular formula is C24H26N4O4. The molecule has 2 N–H and O–H groups in total. The molecular weight excluding hydrogens is 408 g/mol. The van der Waals surface area contributed by atoms with Gasteiger partial charge >= 0.3 is 11.7 Å². The summed E-state index contributed by atoms with van der Waals surface area (Å²) in [6.45, 7) is 5.82. The highest BCUT2D eigenvalue weighted by Crippen LogP contribution is 2.30. The van der Waals surface area contributed by atoms with Crippen LogP contribution in [0.15, 0.2) is 52.3 Å². The second kappa shape index (κ2) is 8.45. The fraction of sp³-hybridized carbons (Fsp3) is 0.333. The van der Waals surface area contributed by atoms with E-state index in [9.17, 15) is 19.5 Å². The van der Waals surface area contributed by atoms with Gasteiger partial charge in [-0.1, -0.05) is 25.5 Å². The molecule has 2 atom stereocenters. The predicted molar refractivity (Wildman–Crippen MR) is 123 cm³/mol. The Kier molecular flexibility index (Phi) is 5.69. The van der Waals surface area contributed by atoms with Crippen LogP contribution in [0.25, 0.3) is 21.9 Å². The molecule has 3 aromatic heterocycles. The van der Waals surface area contributed by atoms with Crippen LogP contribution >= 0.6 is 0 Å². The molecule has 0 amide bonds. The van der Waals surface area contributed by atoms with Gasteiger partial charge in [0, 0.05) is 28.9 Å². The average Bonchev–Trinajstić information content (AvgIpc) is 3.19. The third kappa shape index (κ3) is 3.51. The number of aromatic amines is 1. The van der Waals surface area contributed by atoms with E-state index in [2.05, 4.69) is 9.97 Å². The van der Waals surface area contributed by atoms with Crippen molar-refractivity contribution >= 4 is 27.9 Å². The van der Waals surface area contributed by atoms with Crippen LogP contribution in [0, 0.1) is 6.92 Å². The minimum atomic E-state index is -1.05. The van der Waals surface area contributed by atoms with Crippen LogP contribution in [0.4, 0.5) is 0 Å². The van der Waals surface area contributed by atoms with E-state index >= 15 is 0 Å². The molecule has 166 valence electrons. The first-order valence-corrected chi connectivity index (χ1v) is 10.7. The Balaban J connectivity index is 2.03. The van der Waals surface area contributed by atoms with E-state index in [1.807, 2.05) is 45.2 Å². The summed E-state index contributed by atoms with van der Waals surface area (Å²) >= 11 is 0. The molecule has 4 rings (SSSR count). The van der Waals surface area contributed by atoms with Crippen molar-refractivity contribution in [1.29, 1.82) is 0 Å². The molecule has 0 radical (unpaired) electrons.